The summed E-state index contributed by atoms with van der Waals surface area (Å²) >= 11 is 8.11. The van der Waals surface area contributed by atoms with Crippen molar-refractivity contribution < 1.29 is 61.3 Å². The molecule has 208 valence electrons. The van der Waals surface area contributed by atoms with Crippen molar-refractivity contribution in [2.45, 2.75) is 35.2 Å². The van der Waals surface area contributed by atoms with Gasteiger partial charge in [-0.25, -0.2) is 4.98 Å². The zero-order chi connectivity index (χ0) is 28.3. The van der Waals surface area contributed by atoms with Crippen LogP contribution >= 0.6 is 23.4 Å². The van der Waals surface area contributed by atoms with Crippen molar-refractivity contribution in [1.29, 1.82) is 0 Å². The third-order valence-electron chi connectivity index (χ3n) is 6.97. The molecule has 0 bridgehead atoms. The average Bonchev–Trinajstić information content (AvgIpc) is 3.23. The molecule has 0 aliphatic carbocycles. The quantitative estimate of drug-likeness (QED) is 0.250. The van der Waals surface area contributed by atoms with Crippen molar-refractivity contribution >= 4 is 58.9 Å². The number of likely N-dealkylation sites (tertiary alicyclic amines) is 1. The van der Waals surface area contributed by atoms with Gasteiger partial charge in [0.15, 0.2) is 5.82 Å². The summed E-state index contributed by atoms with van der Waals surface area (Å²) in [6.45, 7) is 8.27. The first kappa shape index (κ1) is 32.0. The standard InChI is InChI=1S/C29H31ClN7O2S.K/c1-29(31)13-15-36(16-14-29)18-33-27-21(32-2)11-12-24(35-27)40-23-10-6-9-20(25(23)30)34-26-22(38)17-37(28(26)39)19-7-4-3-5-8-19;/h3-12H,2,13-18,31H2,1H3,(H,33,35)(H,38,39);/q-1;+1. The van der Waals surface area contributed by atoms with Crippen LogP contribution in [-0.4, -0.2) is 59.5 Å². The molecule has 41 heavy (non-hydrogen) atoms. The Labute approximate surface area is 292 Å². The molecule has 0 saturated carbocycles. The minimum absolute atomic E-state index is 0. The third kappa shape index (κ3) is 7.72. The second kappa shape index (κ2) is 14.0. The second-order valence-electron chi connectivity index (χ2n) is 10.1. The summed E-state index contributed by atoms with van der Waals surface area (Å²) in [6, 6.07) is 18.2. The van der Waals surface area contributed by atoms with Gasteiger partial charge in [-0.3, -0.25) is 14.7 Å². The maximum Gasteiger partial charge on any atom is 1.00 e. The maximum absolute atomic E-state index is 13.0. The number of aliphatic hydroxyl groups is 1. The first-order valence-electron chi connectivity index (χ1n) is 12.9. The fourth-order valence-corrected chi connectivity index (χ4v) is 5.65. The van der Waals surface area contributed by atoms with Crippen molar-refractivity contribution in [1.82, 2.24) is 9.88 Å². The number of hydrogen-bond acceptors (Lipinski definition) is 8. The van der Waals surface area contributed by atoms with E-state index in [9.17, 15) is 9.90 Å². The number of halogens is 1. The number of benzene rings is 2. The van der Waals surface area contributed by atoms with Crippen LogP contribution in [0.4, 0.5) is 22.9 Å². The van der Waals surface area contributed by atoms with E-state index in [1.807, 2.05) is 48.5 Å². The number of amides is 1. The number of rotatable bonds is 9. The molecule has 1 saturated heterocycles. The molecule has 4 N–H and O–H groups in total. The van der Waals surface area contributed by atoms with Gasteiger partial charge in [0, 0.05) is 34.2 Å². The molecule has 12 heteroatoms. The molecular formula is C29H31ClKN7O2S. The van der Waals surface area contributed by atoms with Gasteiger partial charge in [-0.15, -0.1) is 5.69 Å². The normalized spacial score (nSPS) is 16.9. The van der Waals surface area contributed by atoms with Crippen LogP contribution in [0.3, 0.4) is 0 Å². The van der Waals surface area contributed by atoms with Crippen LogP contribution in [0.1, 0.15) is 19.8 Å². The van der Waals surface area contributed by atoms with Crippen LogP contribution in [0.25, 0.3) is 5.32 Å². The Hall–Kier alpha value is -1.93. The maximum atomic E-state index is 13.0. The largest absolute Gasteiger partial charge is 1.00 e. The molecule has 3 heterocycles. The zero-order valence-electron chi connectivity index (χ0n) is 23.2. The Morgan fingerprint density at radius 3 is 2.61 bits per heavy atom. The average molecular weight is 616 g/mol. The molecule has 1 amide bonds. The van der Waals surface area contributed by atoms with E-state index in [1.165, 1.54) is 16.7 Å². The molecule has 0 spiro atoms. The van der Waals surface area contributed by atoms with Crippen LogP contribution < -0.4 is 67.3 Å². The predicted octanol–water partition coefficient (Wildman–Crippen LogP) is 3.23. The van der Waals surface area contributed by atoms with Crippen molar-refractivity contribution in [2.75, 3.05) is 36.5 Å². The summed E-state index contributed by atoms with van der Waals surface area (Å²) in [6.07, 6.45) is 1.88. The van der Waals surface area contributed by atoms with E-state index in [4.69, 9.17) is 22.3 Å². The number of hydrogen-bond donors (Lipinski definition) is 3. The molecule has 0 radical (unpaired) electrons. The number of nitrogens with two attached hydrogens (primary N) is 1. The summed E-state index contributed by atoms with van der Waals surface area (Å²) in [5, 5.41) is 19.4. The monoisotopic (exact) mass is 615 g/mol. The van der Waals surface area contributed by atoms with Crippen LogP contribution in [0, 0.1) is 0 Å². The Bertz CT molecular complexity index is 1440. The van der Waals surface area contributed by atoms with Crippen molar-refractivity contribution in [3.8, 4) is 0 Å². The number of carbonyl (C=O) groups excluding carboxylic acids is 1. The smallest absolute Gasteiger partial charge is 0.649 e. The van der Waals surface area contributed by atoms with Crippen molar-refractivity contribution in [3.63, 3.8) is 0 Å². The minimum Gasteiger partial charge on any atom is -0.649 e. The molecule has 2 aliphatic rings. The van der Waals surface area contributed by atoms with E-state index >= 15 is 0 Å². The van der Waals surface area contributed by atoms with Crippen molar-refractivity contribution in [3.05, 3.63) is 82.5 Å². The number of nitrogens with one attached hydrogen (secondary N) is 1. The number of aliphatic hydroxyl groups excluding tert-OH is 1. The summed E-state index contributed by atoms with van der Waals surface area (Å²) in [5.41, 5.74) is 7.86. The Kier molecular flexibility index (Phi) is 10.9. The van der Waals surface area contributed by atoms with E-state index in [-0.39, 0.29) is 80.8 Å². The fourth-order valence-electron chi connectivity index (χ4n) is 4.53. The van der Waals surface area contributed by atoms with Crippen molar-refractivity contribution in [2.24, 2.45) is 10.7 Å². The van der Waals surface area contributed by atoms with Gasteiger partial charge in [0.05, 0.1) is 13.2 Å². The van der Waals surface area contributed by atoms with Gasteiger partial charge in [0.25, 0.3) is 0 Å². The number of nitrogens with zero attached hydrogens (tertiary/aromatic N) is 5. The SMILES string of the molecule is C=Nc1ccc(Sc2cccc([N-]C3=C(O)CN(c4ccccc4)C3=O)c2Cl)nc1NCN1CCC(C)(N)CC1.[K+]. The molecule has 0 atom stereocenters. The van der Waals surface area contributed by atoms with Crippen LogP contribution in [0.15, 0.2) is 87.0 Å². The van der Waals surface area contributed by atoms with E-state index in [0.717, 1.165) is 25.9 Å². The molecular weight excluding hydrogens is 585 g/mol. The van der Waals surface area contributed by atoms with E-state index in [0.29, 0.717) is 44.5 Å². The van der Waals surface area contributed by atoms with Gasteiger partial charge < -0.3 is 26.4 Å². The summed E-state index contributed by atoms with van der Waals surface area (Å²) in [4.78, 5) is 26.4. The molecule has 3 aromatic rings. The number of para-hydroxylation sites is 1. The second-order valence-corrected chi connectivity index (χ2v) is 11.5. The van der Waals surface area contributed by atoms with Gasteiger partial charge in [-0.05, 0) is 62.5 Å². The number of piperidine rings is 1. The zero-order valence-corrected chi connectivity index (χ0v) is 27.9. The molecule has 2 aliphatic heterocycles. The van der Waals surface area contributed by atoms with Crippen LogP contribution in [-0.2, 0) is 4.79 Å². The fraction of sp³-hybridized carbons (Fsp3) is 0.276. The number of carbonyl (C=O) groups is 1. The number of aliphatic imine (C=N–C) groups is 1. The Morgan fingerprint density at radius 1 is 1.17 bits per heavy atom. The minimum atomic E-state index is -0.382. The first-order valence-corrected chi connectivity index (χ1v) is 14.1. The van der Waals surface area contributed by atoms with E-state index in [1.54, 1.807) is 12.1 Å². The molecule has 1 aromatic heterocycles. The number of pyridine rings is 1. The Morgan fingerprint density at radius 2 is 1.90 bits per heavy atom. The Balaban J connectivity index is 0.00000387. The molecule has 1 fully saturated rings. The van der Waals surface area contributed by atoms with Crippen LogP contribution in [0.5, 0.6) is 0 Å². The van der Waals surface area contributed by atoms with Gasteiger partial charge >= 0.3 is 51.4 Å². The summed E-state index contributed by atoms with van der Waals surface area (Å²) in [7, 11) is 0. The van der Waals surface area contributed by atoms with E-state index in [2.05, 4.69) is 34.2 Å². The topological polar surface area (TPSA) is 121 Å². The molecule has 9 nitrogen and oxygen atoms in total. The number of anilines is 2. The predicted molar refractivity (Wildman–Crippen MR) is 162 cm³/mol. The number of aromatic nitrogens is 1. The first-order chi connectivity index (χ1) is 19.2. The summed E-state index contributed by atoms with van der Waals surface area (Å²) < 4.78 is 0. The van der Waals surface area contributed by atoms with E-state index < -0.39 is 0 Å². The third-order valence-corrected chi connectivity index (χ3v) is 8.48. The van der Waals surface area contributed by atoms with Gasteiger partial charge in [0.1, 0.15) is 16.5 Å². The van der Waals surface area contributed by atoms with Gasteiger partial charge in [-0.2, -0.15) is 0 Å². The molecule has 5 rings (SSSR count). The van der Waals surface area contributed by atoms with Gasteiger partial charge in [-0.1, -0.05) is 53.7 Å². The molecule has 0 unspecified atom stereocenters. The summed E-state index contributed by atoms with van der Waals surface area (Å²) in [5.74, 6) is 0.149. The van der Waals surface area contributed by atoms with Crippen LogP contribution in [0.2, 0.25) is 5.02 Å². The molecule has 2 aromatic carbocycles. The van der Waals surface area contributed by atoms with Gasteiger partial charge in [0.2, 0.25) is 5.91 Å².